The van der Waals surface area contributed by atoms with Gasteiger partial charge in [0.1, 0.15) is 0 Å². The van der Waals surface area contributed by atoms with Crippen molar-refractivity contribution >= 4 is 48.8 Å². The maximum atomic E-state index is 12.1. The Morgan fingerprint density at radius 2 is 2.29 bits per heavy atom. The van der Waals surface area contributed by atoms with Gasteiger partial charge in [-0.05, 0) is 27.4 Å². The second kappa shape index (κ2) is 4.31. The quantitative estimate of drug-likeness (QED) is 0.891. The topological polar surface area (TPSA) is 90.0 Å². The van der Waals surface area contributed by atoms with Gasteiger partial charge >= 0.3 is 0 Å². The Balaban J connectivity index is 2.40. The van der Waals surface area contributed by atoms with Crippen LogP contribution < -0.4 is 10.5 Å². The van der Waals surface area contributed by atoms with Gasteiger partial charge in [0.2, 0.25) is 0 Å². The van der Waals surface area contributed by atoms with Crippen molar-refractivity contribution in [1.29, 1.82) is 0 Å². The van der Waals surface area contributed by atoms with Crippen molar-refractivity contribution in [2.75, 3.05) is 10.5 Å². The number of nitrogens with two attached hydrogens (primary N) is 1. The third-order valence-electron chi connectivity index (χ3n) is 2.03. The van der Waals surface area contributed by atoms with Crippen LogP contribution in [0.5, 0.6) is 0 Å². The Morgan fingerprint density at radius 3 is 2.76 bits per heavy atom. The van der Waals surface area contributed by atoms with Crippen LogP contribution in [0.15, 0.2) is 26.3 Å². The minimum Gasteiger partial charge on any atom is -0.394 e. The third kappa shape index (κ3) is 2.31. The number of hydrogen-bond donors (Lipinski definition) is 2. The van der Waals surface area contributed by atoms with Crippen molar-refractivity contribution in [1.82, 2.24) is 9.78 Å². The van der Waals surface area contributed by atoms with Crippen LogP contribution in [-0.4, -0.2) is 18.2 Å². The normalized spacial score (nSPS) is 11.6. The Morgan fingerprint density at radius 1 is 1.59 bits per heavy atom. The van der Waals surface area contributed by atoms with Gasteiger partial charge in [-0.2, -0.15) is 5.10 Å². The number of rotatable bonds is 3. The first-order chi connectivity index (χ1) is 7.92. The van der Waals surface area contributed by atoms with E-state index in [4.69, 9.17) is 5.73 Å². The van der Waals surface area contributed by atoms with Gasteiger partial charge in [-0.3, -0.25) is 9.40 Å². The van der Waals surface area contributed by atoms with E-state index in [0.717, 1.165) is 11.3 Å². The molecule has 0 aromatic carbocycles. The Hall–Kier alpha value is -1.06. The molecule has 0 aliphatic rings. The number of nitrogens with one attached hydrogen (secondary N) is 1. The second-order valence-electron chi connectivity index (χ2n) is 3.23. The molecule has 0 aliphatic carbocycles. The van der Waals surface area contributed by atoms with Crippen LogP contribution in [0.3, 0.4) is 0 Å². The number of aromatic nitrogens is 2. The number of anilines is 2. The summed E-state index contributed by atoms with van der Waals surface area (Å²) in [5.41, 5.74) is 5.90. The van der Waals surface area contributed by atoms with E-state index in [1.54, 1.807) is 18.5 Å². The summed E-state index contributed by atoms with van der Waals surface area (Å²) in [4.78, 5) is 0. The maximum Gasteiger partial charge on any atom is 0.273 e. The van der Waals surface area contributed by atoms with Crippen molar-refractivity contribution in [3.63, 3.8) is 0 Å². The molecule has 0 aliphatic heterocycles. The van der Waals surface area contributed by atoms with Gasteiger partial charge in [-0.1, -0.05) is 0 Å². The molecule has 92 valence electrons. The van der Waals surface area contributed by atoms with Crippen molar-refractivity contribution in [3.05, 3.63) is 22.1 Å². The fourth-order valence-corrected chi connectivity index (χ4v) is 4.68. The lowest BCUT2D eigenvalue weighted by Crippen LogP contribution is -2.15. The van der Waals surface area contributed by atoms with E-state index in [9.17, 15) is 8.42 Å². The molecule has 6 nitrogen and oxygen atoms in total. The molecule has 0 spiro atoms. The van der Waals surface area contributed by atoms with E-state index in [-0.39, 0.29) is 15.7 Å². The van der Waals surface area contributed by atoms with Crippen LogP contribution in [-0.2, 0) is 17.1 Å². The molecule has 2 heterocycles. The zero-order chi connectivity index (χ0) is 12.6. The Kier molecular flexibility index (Phi) is 3.15. The molecule has 0 saturated heterocycles. The van der Waals surface area contributed by atoms with Gasteiger partial charge in [0.25, 0.3) is 10.0 Å². The fraction of sp³-hybridized carbons (Fsp3) is 0.125. The number of halogens is 1. The van der Waals surface area contributed by atoms with Gasteiger partial charge in [-0.15, -0.1) is 11.3 Å². The molecule has 17 heavy (non-hydrogen) atoms. The highest BCUT2D eigenvalue weighted by Crippen LogP contribution is 2.30. The Bertz CT molecular complexity index is 627. The summed E-state index contributed by atoms with van der Waals surface area (Å²) in [6, 6.07) is 1.67. The SMILES string of the molecule is Cn1ncc(N)c1NS(=O)(=O)c1sccc1Br. The predicted molar refractivity (Wildman–Crippen MR) is 70.4 cm³/mol. The van der Waals surface area contributed by atoms with Gasteiger partial charge in [0, 0.05) is 11.5 Å². The largest absolute Gasteiger partial charge is 0.394 e. The molecule has 2 aromatic rings. The van der Waals surface area contributed by atoms with Crippen LogP contribution in [0.4, 0.5) is 11.5 Å². The van der Waals surface area contributed by atoms with Crippen LogP contribution in [0.1, 0.15) is 0 Å². The van der Waals surface area contributed by atoms with Crippen molar-refractivity contribution < 1.29 is 8.42 Å². The molecule has 0 radical (unpaired) electrons. The summed E-state index contributed by atoms with van der Waals surface area (Å²) >= 11 is 4.30. The molecule has 0 atom stereocenters. The molecular weight excluding hydrogens is 328 g/mol. The number of aryl methyl sites for hydroxylation is 1. The van der Waals surface area contributed by atoms with E-state index in [0.29, 0.717) is 4.47 Å². The summed E-state index contributed by atoms with van der Waals surface area (Å²) in [5.74, 6) is 0.255. The summed E-state index contributed by atoms with van der Waals surface area (Å²) in [5, 5.41) is 5.55. The lowest BCUT2D eigenvalue weighted by molar-refractivity contribution is 0.602. The van der Waals surface area contributed by atoms with Gasteiger partial charge in [0.15, 0.2) is 10.0 Å². The molecular formula is C8H9BrN4O2S2. The highest BCUT2D eigenvalue weighted by molar-refractivity contribution is 9.10. The van der Waals surface area contributed by atoms with Crippen molar-refractivity contribution in [2.45, 2.75) is 4.21 Å². The first kappa shape index (κ1) is 12.4. The predicted octanol–water partition coefficient (Wildman–Crippen LogP) is 1.63. The van der Waals surface area contributed by atoms with Crippen LogP contribution >= 0.6 is 27.3 Å². The number of nitrogens with zero attached hydrogens (tertiary/aromatic N) is 2. The van der Waals surface area contributed by atoms with E-state index < -0.39 is 10.0 Å². The number of sulfonamides is 1. The van der Waals surface area contributed by atoms with Gasteiger partial charge < -0.3 is 5.73 Å². The molecule has 0 saturated carbocycles. The molecule has 3 N–H and O–H groups in total. The van der Waals surface area contributed by atoms with Crippen LogP contribution in [0.25, 0.3) is 0 Å². The highest BCUT2D eigenvalue weighted by Gasteiger charge is 2.21. The maximum absolute atomic E-state index is 12.1. The standard InChI is InChI=1S/C8H9BrN4O2S2/c1-13-7(6(10)4-11-13)12-17(14,15)8-5(9)2-3-16-8/h2-4,12H,10H2,1H3. The van der Waals surface area contributed by atoms with Gasteiger partial charge in [-0.25, -0.2) is 8.42 Å². The van der Waals surface area contributed by atoms with Crippen molar-refractivity contribution in [2.24, 2.45) is 7.05 Å². The molecule has 2 rings (SSSR count). The molecule has 0 unspecified atom stereocenters. The van der Waals surface area contributed by atoms with Crippen LogP contribution in [0, 0.1) is 0 Å². The fourth-order valence-electron chi connectivity index (χ4n) is 1.22. The summed E-state index contributed by atoms with van der Waals surface area (Å²) in [6.45, 7) is 0. The average Bonchev–Trinajstić information content (AvgIpc) is 2.79. The zero-order valence-electron chi connectivity index (χ0n) is 8.71. The van der Waals surface area contributed by atoms with Crippen molar-refractivity contribution in [3.8, 4) is 0 Å². The average molecular weight is 337 g/mol. The summed E-state index contributed by atoms with van der Waals surface area (Å²) < 4.78 is 28.6. The second-order valence-corrected chi connectivity index (χ2v) is 6.88. The smallest absolute Gasteiger partial charge is 0.273 e. The number of thiophene rings is 1. The third-order valence-corrected chi connectivity index (χ3v) is 6.04. The minimum atomic E-state index is -3.63. The first-order valence-corrected chi connectivity index (χ1v) is 7.60. The summed E-state index contributed by atoms with van der Waals surface area (Å²) in [6.07, 6.45) is 1.39. The highest BCUT2D eigenvalue weighted by atomic mass is 79.9. The number of nitrogen functional groups attached to an aromatic ring is 1. The lowest BCUT2D eigenvalue weighted by Gasteiger charge is -2.07. The monoisotopic (exact) mass is 336 g/mol. The Labute approximate surface area is 111 Å². The molecule has 0 amide bonds. The van der Waals surface area contributed by atoms with Gasteiger partial charge in [0.05, 0.1) is 11.9 Å². The lowest BCUT2D eigenvalue weighted by atomic mass is 10.5. The van der Waals surface area contributed by atoms with E-state index in [1.807, 2.05) is 0 Å². The van der Waals surface area contributed by atoms with E-state index in [2.05, 4.69) is 25.8 Å². The minimum absolute atomic E-state index is 0.207. The molecule has 0 fully saturated rings. The van der Waals surface area contributed by atoms with E-state index >= 15 is 0 Å². The zero-order valence-corrected chi connectivity index (χ0v) is 11.9. The molecule has 9 heteroatoms. The van der Waals surface area contributed by atoms with E-state index in [1.165, 1.54) is 10.9 Å². The number of hydrogen-bond acceptors (Lipinski definition) is 5. The molecule has 2 aromatic heterocycles. The molecule has 0 bridgehead atoms. The van der Waals surface area contributed by atoms with Crippen LogP contribution in [0.2, 0.25) is 0 Å². The first-order valence-electron chi connectivity index (χ1n) is 4.45. The summed E-state index contributed by atoms with van der Waals surface area (Å²) in [7, 11) is -2.03.